The average molecular weight is 377 g/mol. The predicted octanol–water partition coefficient (Wildman–Crippen LogP) is 3.39. The lowest BCUT2D eigenvalue weighted by Gasteiger charge is -2.13. The van der Waals surface area contributed by atoms with E-state index in [-0.39, 0.29) is 18.0 Å². The van der Waals surface area contributed by atoms with Crippen LogP contribution in [0.2, 0.25) is 0 Å². The maximum atomic E-state index is 12.1. The maximum absolute atomic E-state index is 12.1. The molecule has 0 aliphatic rings. The summed E-state index contributed by atoms with van der Waals surface area (Å²) in [5, 5.41) is 8.53. The van der Waals surface area contributed by atoms with E-state index in [1.807, 2.05) is 6.07 Å². The van der Waals surface area contributed by atoms with Crippen molar-refractivity contribution in [2.24, 2.45) is 0 Å². The minimum absolute atomic E-state index is 0.00839. The summed E-state index contributed by atoms with van der Waals surface area (Å²) < 4.78 is 40.5. The summed E-state index contributed by atoms with van der Waals surface area (Å²) in [6.07, 6.45) is -4.78. The van der Waals surface area contributed by atoms with E-state index < -0.39 is 12.1 Å². The van der Waals surface area contributed by atoms with Gasteiger partial charge in [-0.3, -0.25) is 4.98 Å². The summed E-state index contributed by atoms with van der Waals surface area (Å²) in [6, 6.07) is 3.04. The van der Waals surface area contributed by atoms with E-state index >= 15 is 0 Å². The fraction of sp³-hybridized carbons (Fsp3) is 0.333. The summed E-state index contributed by atoms with van der Waals surface area (Å²) in [4.78, 5) is 3.88. The number of ether oxygens (including phenoxy) is 1. The second-order valence-electron chi connectivity index (χ2n) is 2.88. The third-order valence-corrected chi connectivity index (χ3v) is 2.87. The summed E-state index contributed by atoms with van der Waals surface area (Å²) in [7, 11) is 0. The second kappa shape index (κ2) is 5.73. The van der Waals surface area contributed by atoms with Gasteiger partial charge in [0.1, 0.15) is 0 Å². The van der Waals surface area contributed by atoms with Crippen LogP contribution in [0, 0.1) is 14.9 Å². The Morgan fingerprint density at radius 3 is 2.59 bits per heavy atom. The zero-order valence-electron chi connectivity index (χ0n) is 8.18. The van der Waals surface area contributed by atoms with E-state index in [4.69, 9.17) is 16.9 Å². The van der Waals surface area contributed by atoms with E-state index in [1.165, 1.54) is 6.07 Å². The fourth-order valence-corrected chi connectivity index (χ4v) is 1.85. The van der Waals surface area contributed by atoms with Crippen LogP contribution in [0.4, 0.5) is 13.2 Å². The number of nitriles is 1. The van der Waals surface area contributed by atoms with Crippen LogP contribution in [0.5, 0.6) is 5.75 Å². The van der Waals surface area contributed by atoms with Crippen LogP contribution in [0.15, 0.2) is 6.07 Å². The van der Waals surface area contributed by atoms with Crippen molar-refractivity contribution in [2.45, 2.75) is 18.7 Å². The highest BCUT2D eigenvalue weighted by Crippen LogP contribution is 2.29. The van der Waals surface area contributed by atoms with Gasteiger partial charge < -0.3 is 4.74 Å². The molecule has 0 bridgehead atoms. The molecule has 17 heavy (non-hydrogen) atoms. The molecule has 0 amide bonds. The third-order valence-electron chi connectivity index (χ3n) is 1.69. The SMILES string of the molecule is N#CCc1nc(CCl)c(OC(F)(F)F)cc1I. The van der Waals surface area contributed by atoms with Gasteiger partial charge >= 0.3 is 6.36 Å². The smallest absolute Gasteiger partial charge is 0.404 e. The van der Waals surface area contributed by atoms with E-state index in [9.17, 15) is 13.2 Å². The Bertz CT molecular complexity index is 459. The first-order valence-electron chi connectivity index (χ1n) is 4.24. The van der Waals surface area contributed by atoms with Crippen molar-refractivity contribution >= 4 is 34.2 Å². The zero-order valence-corrected chi connectivity index (χ0v) is 11.1. The highest BCUT2D eigenvalue weighted by Gasteiger charge is 2.32. The van der Waals surface area contributed by atoms with Gasteiger partial charge in [0.2, 0.25) is 0 Å². The molecule has 0 saturated heterocycles. The number of nitrogens with zero attached hydrogens (tertiary/aromatic N) is 2. The van der Waals surface area contributed by atoms with Gasteiger partial charge in [0.05, 0.1) is 29.8 Å². The lowest BCUT2D eigenvalue weighted by atomic mass is 10.2. The Balaban J connectivity index is 3.15. The standard InChI is InChI=1S/C9H5ClF3IN2O/c10-4-7-8(17-9(11,12)13)3-5(14)6(16-7)1-2-15/h3H,1,4H2. The Labute approximate surface area is 114 Å². The van der Waals surface area contributed by atoms with Crippen LogP contribution >= 0.6 is 34.2 Å². The van der Waals surface area contributed by atoms with Crippen molar-refractivity contribution < 1.29 is 17.9 Å². The van der Waals surface area contributed by atoms with E-state index in [1.54, 1.807) is 22.6 Å². The van der Waals surface area contributed by atoms with Crippen LogP contribution in [-0.4, -0.2) is 11.3 Å². The van der Waals surface area contributed by atoms with Crippen LogP contribution in [0.3, 0.4) is 0 Å². The molecule has 1 heterocycles. The average Bonchev–Trinajstić information content (AvgIpc) is 2.20. The van der Waals surface area contributed by atoms with Crippen molar-refractivity contribution in [2.75, 3.05) is 0 Å². The minimum Gasteiger partial charge on any atom is -0.404 e. The van der Waals surface area contributed by atoms with Crippen molar-refractivity contribution in [3.8, 4) is 11.8 Å². The Kier molecular flexibility index (Phi) is 4.82. The molecular weight excluding hydrogens is 371 g/mol. The Hall–Kier alpha value is -0.750. The highest BCUT2D eigenvalue weighted by molar-refractivity contribution is 14.1. The summed E-state index contributed by atoms with van der Waals surface area (Å²) in [5.41, 5.74) is 0.355. The van der Waals surface area contributed by atoms with Gasteiger partial charge in [0.25, 0.3) is 0 Å². The first-order valence-corrected chi connectivity index (χ1v) is 5.85. The van der Waals surface area contributed by atoms with Crippen LogP contribution < -0.4 is 4.74 Å². The molecule has 8 heteroatoms. The van der Waals surface area contributed by atoms with E-state index in [2.05, 4.69) is 9.72 Å². The number of rotatable bonds is 3. The van der Waals surface area contributed by atoms with Crippen molar-refractivity contribution in [1.29, 1.82) is 5.26 Å². The molecule has 1 aromatic heterocycles. The van der Waals surface area contributed by atoms with Gasteiger partial charge in [-0.25, -0.2) is 0 Å². The second-order valence-corrected chi connectivity index (χ2v) is 4.31. The first-order chi connectivity index (χ1) is 7.87. The zero-order chi connectivity index (χ0) is 13.1. The molecule has 0 N–H and O–H groups in total. The predicted molar refractivity (Wildman–Crippen MR) is 62.5 cm³/mol. The number of hydrogen-bond acceptors (Lipinski definition) is 3. The molecule has 1 rings (SSSR count). The monoisotopic (exact) mass is 376 g/mol. The molecule has 1 aromatic rings. The Morgan fingerprint density at radius 1 is 1.47 bits per heavy atom. The molecular formula is C9H5ClF3IN2O. The molecule has 0 saturated carbocycles. The molecule has 0 aliphatic heterocycles. The number of halogens is 5. The molecule has 0 fully saturated rings. The maximum Gasteiger partial charge on any atom is 0.573 e. The molecule has 92 valence electrons. The van der Waals surface area contributed by atoms with Crippen LogP contribution in [0.1, 0.15) is 11.4 Å². The molecule has 0 aliphatic carbocycles. The number of hydrogen-bond donors (Lipinski definition) is 0. The van der Waals surface area contributed by atoms with Crippen molar-refractivity contribution in [3.05, 3.63) is 21.0 Å². The summed E-state index contributed by atoms with van der Waals surface area (Å²) in [6.45, 7) is 0. The van der Waals surface area contributed by atoms with Gasteiger partial charge in [-0.05, 0) is 28.7 Å². The number of pyridine rings is 1. The first kappa shape index (κ1) is 14.3. The molecule has 0 unspecified atom stereocenters. The fourth-order valence-electron chi connectivity index (χ4n) is 1.06. The molecule has 0 spiro atoms. The molecule has 3 nitrogen and oxygen atoms in total. The minimum atomic E-state index is -4.79. The van der Waals surface area contributed by atoms with E-state index in [0.717, 1.165) is 0 Å². The van der Waals surface area contributed by atoms with Gasteiger partial charge in [0, 0.05) is 3.57 Å². The van der Waals surface area contributed by atoms with Gasteiger partial charge in [-0.15, -0.1) is 24.8 Å². The third kappa shape index (κ3) is 4.20. The van der Waals surface area contributed by atoms with Crippen LogP contribution in [-0.2, 0) is 12.3 Å². The number of aromatic nitrogens is 1. The van der Waals surface area contributed by atoms with Crippen molar-refractivity contribution in [3.63, 3.8) is 0 Å². The largest absolute Gasteiger partial charge is 0.573 e. The topological polar surface area (TPSA) is 45.9 Å². The van der Waals surface area contributed by atoms with E-state index in [0.29, 0.717) is 9.26 Å². The highest BCUT2D eigenvalue weighted by atomic mass is 127. The van der Waals surface area contributed by atoms with Crippen molar-refractivity contribution in [1.82, 2.24) is 4.98 Å². The summed E-state index contributed by atoms with van der Waals surface area (Å²) >= 11 is 7.28. The van der Waals surface area contributed by atoms with Gasteiger partial charge in [-0.2, -0.15) is 5.26 Å². The number of alkyl halides is 4. The molecule has 0 atom stereocenters. The quantitative estimate of drug-likeness (QED) is 0.600. The lowest BCUT2D eigenvalue weighted by Crippen LogP contribution is -2.19. The van der Waals surface area contributed by atoms with Gasteiger partial charge in [0.15, 0.2) is 5.75 Å². The normalized spacial score (nSPS) is 11.1. The van der Waals surface area contributed by atoms with Crippen LogP contribution in [0.25, 0.3) is 0 Å². The molecule has 0 aromatic carbocycles. The molecule has 0 radical (unpaired) electrons. The Morgan fingerprint density at radius 2 is 2.12 bits per heavy atom. The lowest BCUT2D eigenvalue weighted by molar-refractivity contribution is -0.275. The van der Waals surface area contributed by atoms with Gasteiger partial charge in [-0.1, -0.05) is 0 Å². The summed E-state index contributed by atoms with van der Waals surface area (Å²) in [5.74, 6) is -0.653.